The molecule has 1 aliphatic rings. The molecule has 2 heterocycles. The fourth-order valence-corrected chi connectivity index (χ4v) is 4.99. The predicted molar refractivity (Wildman–Crippen MR) is 137 cm³/mol. The number of benzene rings is 3. The van der Waals surface area contributed by atoms with Crippen molar-refractivity contribution in [2.45, 2.75) is 32.7 Å². The molecule has 1 saturated heterocycles. The molecule has 1 aliphatic heterocycles. The van der Waals surface area contributed by atoms with Gasteiger partial charge in [-0.2, -0.15) is 4.98 Å². The van der Waals surface area contributed by atoms with Crippen molar-refractivity contribution in [3.05, 3.63) is 101 Å². The Balaban J connectivity index is 1.46. The number of aromatic nitrogens is 2. The van der Waals surface area contributed by atoms with E-state index in [1.165, 1.54) is 6.07 Å². The second kappa shape index (κ2) is 10.3. The molecule has 2 amide bonds. The van der Waals surface area contributed by atoms with Crippen molar-refractivity contribution in [1.82, 2.24) is 15.0 Å². The zero-order valence-electron chi connectivity index (χ0n) is 20.6. The van der Waals surface area contributed by atoms with Gasteiger partial charge in [0.05, 0.1) is 17.5 Å². The number of rotatable bonds is 5. The average molecular weight is 499 g/mol. The SMILES string of the molecule is Cc1nc(-c2cccc(NC(=O)[C@H]3CCCN(C(=O)c4c(C)cccc4F)[C@H]3c3ccccc3)c2)no1. The number of carbonyl (C=O) groups is 2. The van der Waals surface area contributed by atoms with E-state index in [-0.39, 0.29) is 11.5 Å². The number of hydrogen-bond donors (Lipinski definition) is 1. The van der Waals surface area contributed by atoms with Crippen LogP contribution in [0.1, 0.15) is 46.3 Å². The largest absolute Gasteiger partial charge is 0.339 e. The summed E-state index contributed by atoms with van der Waals surface area (Å²) in [6.45, 7) is 3.87. The lowest BCUT2D eigenvalue weighted by Gasteiger charge is -2.41. The Kier molecular flexibility index (Phi) is 6.81. The second-order valence-electron chi connectivity index (χ2n) is 9.24. The molecule has 37 heavy (non-hydrogen) atoms. The van der Waals surface area contributed by atoms with Crippen LogP contribution in [0.4, 0.5) is 10.1 Å². The summed E-state index contributed by atoms with van der Waals surface area (Å²) >= 11 is 0. The predicted octanol–water partition coefficient (Wildman–Crippen LogP) is 5.72. The first kappa shape index (κ1) is 24.4. The van der Waals surface area contributed by atoms with Crippen LogP contribution < -0.4 is 5.32 Å². The topological polar surface area (TPSA) is 88.3 Å². The van der Waals surface area contributed by atoms with Gasteiger partial charge in [-0.25, -0.2) is 4.39 Å². The van der Waals surface area contributed by atoms with Gasteiger partial charge in [0.25, 0.3) is 5.91 Å². The van der Waals surface area contributed by atoms with Crippen molar-refractivity contribution in [2.24, 2.45) is 5.92 Å². The minimum Gasteiger partial charge on any atom is -0.339 e. The number of piperidine rings is 1. The quantitative estimate of drug-likeness (QED) is 0.380. The van der Waals surface area contributed by atoms with Crippen LogP contribution in [0.2, 0.25) is 0 Å². The minimum absolute atomic E-state index is 0.0487. The number of carbonyl (C=O) groups excluding carboxylic acids is 2. The van der Waals surface area contributed by atoms with Crippen molar-refractivity contribution < 1.29 is 18.5 Å². The van der Waals surface area contributed by atoms with Crippen LogP contribution in [0.3, 0.4) is 0 Å². The van der Waals surface area contributed by atoms with Gasteiger partial charge in [0.15, 0.2) is 0 Å². The number of anilines is 1. The lowest BCUT2D eigenvalue weighted by molar-refractivity contribution is -0.123. The zero-order valence-corrected chi connectivity index (χ0v) is 20.6. The summed E-state index contributed by atoms with van der Waals surface area (Å²) in [4.78, 5) is 33.3. The van der Waals surface area contributed by atoms with Crippen LogP contribution in [-0.2, 0) is 4.79 Å². The van der Waals surface area contributed by atoms with Crippen LogP contribution in [0, 0.1) is 25.6 Å². The van der Waals surface area contributed by atoms with Gasteiger partial charge in [-0.15, -0.1) is 0 Å². The Labute approximate surface area is 214 Å². The Hall–Kier alpha value is -4.33. The van der Waals surface area contributed by atoms with Crippen molar-refractivity contribution >= 4 is 17.5 Å². The Morgan fingerprint density at radius 2 is 1.81 bits per heavy atom. The molecule has 1 fully saturated rings. The molecule has 3 aromatic carbocycles. The fourth-order valence-electron chi connectivity index (χ4n) is 4.99. The van der Waals surface area contributed by atoms with Crippen LogP contribution in [-0.4, -0.2) is 33.4 Å². The van der Waals surface area contributed by atoms with Crippen LogP contribution in [0.25, 0.3) is 11.4 Å². The second-order valence-corrected chi connectivity index (χ2v) is 9.24. The standard InChI is InChI=1S/C29H27FN4O3/c1-18-9-6-15-24(30)25(18)29(36)34-16-8-14-23(26(34)20-10-4-3-5-11-20)28(35)32-22-13-7-12-21(17-22)27-31-19(2)37-33-27/h3-7,9-13,15,17,23,26H,8,14,16H2,1-2H3,(H,32,35)/t23-,26-/m0/s1. The van der Waals surface area contributed by atoms with Gasteiger partial charge >= 0.3 is 0 Å². The summed E-state index contributed by atoms with van der Waals surface area (Å²) in [6, 6.07) is 20.8. The molecule has 5 rings (SSSR count). The minimum atomic E-state index is -0.558. The monoisotopic (exact) mass is 498 g/mol. The van der Waals surface area contributed by atoms with E-state index in [0.29, 0.717) is 47.9 Å². The summed E-state index contributed by atoms with van der Waals surface area (Å²) in [5.41, 5.74) is 2.75. The highest BCUT2D eigenvalue weighted by Gasteiger charge is 2.40. The molecule has 0 bridgehead atoms. The molecule has 7 nitrogen and oxygen atoms in total. The summed E-state index contributed by atoms with van der Waals surface area (Å²) < 4.78 is 19.8. The lowest BCUT2D eigenvalue weighted by Crippen LogP contribution is -2.46. The van der Waals surface area contributed by atoms with E-state index in [4.69, 9.17) is 4.52 Å². The van der Waals surface area contributed by atoms with Gasteiger partial charge in [-0.1, -0.05) is 59.8 Å². The van der Waals surface area contributed by atoms with Gasteiger partial charge in [0.2, 0.25) is 17.6 Å². The fraction of sp³-hybridized carbons (Fsp3) is 0.241. The molecule has 2 atom stereocenters. The third-order valence-electron chi connectivity index (χ3n) is 6.72. The van der Waals surface area contributed by atoms with Crippen molar-refractivity contribution in [3.63, 3.8) is 0 Å². The van der Waals surface area contributed by atoms with Gasteiger partial charge in [0, 0.05) is 24.7 Å². The van der Waals surface area contributed by atoms with Crippen molar-refractivity contribution in [2.75, 3.05) is 11.9 Å². The first-order valence-corrected chi connectivity index (χ1v) is 12.2. The maximum atomic E-state index is 14.8. The maximum absolute atomic E-state index is 14.8. The van der Waals surface area contributed by atoms with E-state index in [0.717, 1.165) is 5.56 Å². The Morgan fingerprint density at radius 3 is 2.54 bits per heavy atom. The number of halogens is 1. The summed E-state index contributed by atoms with van der Waals surface area (Å²) in [5.74, 6) is -0.813. The van der Waals surface area contributed by atoms with Crippen LogP contribution in [0.15, 0.2) is 77.3 Å². The molecular weight excluding hydrogens is 471 g/mol. The summed E-state index contributed by atoms with van der Waals surface area (Å²) in [5, 5.41) is 6.96. The highest BCUT2D eigenvalue weighted by atomic mass is 19.1. The Bertz CT molecular complexity index is 1420. The number of nitrogens with zero attached hydrogens (tertiary/aromatic N) is 3. The van der Waals surface area contributed by atoms with E-state index in [9.17, 15) is 14.0 Å². The van der Waals surface area contributed by atoms with Gasteiger partial charge in [-0.3, -0.25) is 9.59 Å². The summed E-state index contributed by atoms with van der Waals surface area (Å²) in [6.07, 6.45) is 1.22. The number of aryl methyl sites for hydroxylation is 2. The average Bonchev–Trinajstić information content (AvgIpc) is 3.35. The highest BCUT2D eigenvalue weighted by Crippen LogP contribution is 2.38. The maximum Gasteiger partial charge on any atom is 0.257 e. The van der Waals surface area contributed by atoms with Gasteiger partial charge in [-0.05, 0) is 49.1 Å². The van der Waals surface area contributed by atoms with E-state index >= 15 is 0 Å². The van der Waals surface area contributed by atoms with Gasteiger partial charge < -0.3 is 14.7 Å². The first-order valence-electron chi connectivity index (χ1n) is 12.2. The number of hydrogen-bond acceptors (Lipinski definition) is 5. The molecule has 8 heteroatoms. The van der Waals surface area contributed by atoms with Crippen molar-refractivity contribution in [3.8, 4) is 11.4 Å². The molecule has 1 N–H and O–H groups in total. The molecule has 188 valence electrons. The normalized spacial score (nSPS) is 17.4. The first-order chi connectivity index (χ1) is 17.9. The number of nitrogens with one attached hydrogen (secondary N) is 1. The van der Waals surface area contributed by atoms with Gasteiger partial charge in [0.1, 0.15) is 5.82 Å². The molecule has 0 radical (unpaired) electrons. The molecule has 4 aromatic rings. The highest BCUT2D eigenvalue weighted by molar-refractivity contribution is 5.98. The smallest absolute Gasteiger partial charge is 0.257 e. The summed E-state index contributed by atoms with van der Waals surface area (Å²) in [7, 11) is 0. The van der Waals surface area contributed by atoms with Crippen LogP contribution in [0.5, 0.6) is 0 Å². The zero-order chi connectivity index (χ0) is 25.9. The van der Waals surface area contributed by atoms with E-state index in [1.54, 1.807) is 43.0 Å². The molecule has 0 unspecified atom stereocenters. The molecule has 0 saturated carbocycles. The van der Waals surface area contributed by atoms with E-state index in [2.05, 4.69) is 15.5 Å². The van der Waals surface area contributed by atoms with Crippen LogP contribution >= 0.6 is 0 Å². The molecule has 0 aliphatic carbocycles. The number of amides is 2. The number of likely N-dealkylation sites (tertiary alicyclic amines) is 1. The third kappa shape index (κ3) is 5.00. The molecular formula is C29H27FN4O3. The Morgan fingerprint density at radius 1 is 1.03 bits per heavy atom. The van der Waals surface area contributed by atoms with E-state index in [1.807, 2.05) is 42.5 Å². The van der Waals surface area contributed by atoms with Crippen molar-refractivity contribution in [1.29, 1.82) is 0 Å². The molecule has 1 aromatic heterocycles. The lowest BCUT2D eigenvalue weighted by atomic mass is 9.83. The third-order valence-corrected chi connectivity index (χ3v) is 6.72. The molecule has 0 spiro atoms. The van der Waals surface area contributed by atoms with E-state index < -0.39 is 23.7 Å².